The second-order valence-electron chi connectivity index (χ2n) is 5.08. The van der Waals surface area contributed by atoms with E-state index in [1.165, 1.54) is 31.2 Å². The van der Waals surface area contributed by atoms with Crippen molar-refractivity contribution in [1.82, 2.24) is 5.32 Å². The number of ether oxygens (including phenoxy) is 1. The fraction of sp³-hybridized carbons (Fsp3) is 0.167. The predicted octanol–water partition coefficient (Wildman–Crippen LogP) is 2.56. The van der Waals surface area contributed by atoms with Gasteiger partial charge in [0.25, 0.3) is 5.91 Å². The summed E-state index contributed by atoms with van der Waals surface area (Å²) in [5.41, 5.74) is 1.26. The molecule has 1 amide bonds. The summed E-state index contributed by atoms with van der Waals surface area (Å²) in [6.07, 6.45) is -0.997. The molecule has 1 atom stereocenters. The molecule has 1 unspecified atom stereocenters. The van der Waals surface area contributed by atoms with Crippen molar-refractivity contribution in [1.29, 1.82) is 5.26 Å². The standard InChI is InChI=1S/C18H15FN2O3/c1-12(17(22)21-11-13-5-7-16(19)8-6-13)24-18(23)15-4-2-3-14(9-15)10-20/h2-9,12H,11H2,1H3,(H,21,22). The van der Waals surface area contributed by atoms with Crippen LogP contribution < -0.4 is 5.32 Å². The Hall–Kier alpha value is -3.20. The molecule has 2 aromatic rings. The van der Waals surface area contributed by atoms with E-state index >= 15 is 0 Å². The van der Waals surface area contributed by atoms with Gasteiger partial charge in [0, 0.05) is 6.54 Å². The molecule has 0 aliphatic heterocycles. The molecule has 0 aliphatic rings. The number of nitrogens with zero attached hydrogens (tertiary/aromatic N) is 1. The largest absolute Gasteiger partial charge is 0.449 e. The van der Waals surface area contributed by atoms with Crippen LogP contribution in [0.4, 0.5) is 4.39 Å². The van der Waals surface area contributed by atoms with Crippen LogP contribution in [-0.4, -0.2) is 18.0 Å². The van der Waals surface area contributed by atoms with Crippen LogP contribution in [0.5, 0.6) is 0 Å². The van der Waals surface area contributed by atoms with Crippen molar-refractivity contribution in [2.24, 2.45) is 0 Å². The molecule has 24 heavy (non-hydrogen) atoms. The van der Waals surface area contributed by atoms with Gasteiger partial charge < -0.3 is 10.1 Å². The number of benzene rings is 2. The monoisotopic (exact) mass is 326 g/mol. The Kier molecular flexibility index (Phi) is 5.63. The summed E-state index contributed by atoms with van der Waals surface area (Å²) in [6, 6.07) is 13.7. The summed E-state index contributed by atoms with van der Waals surface area (Å²) in [5.74, 6) is -1.51. The molecule has 0 heterocycles. The second-order valence-corrected chi connectivity index (χ2v) is 5.08. The summed E-state index contributed by atoms with van der Waals surface area (Å²) in [6.45, 7) is 1.65. The lowest BCUT2D eigenvalue weighted by atomic mass is 10.1. The highest BCUT2D eigenvalue weighted by Gasteiger charge is 2.18. The molecule has 5 nitrogen and oxygen atoms in total. The van der Waals surface area contributed by atoms with Crippen molar-refractivity contribution in [3.05, 3.63) is 71.0 Å². The summed E-state index contributed by atoms with van der Waals surface area (Å²) in [7, 11) is 0. The topological polar surface area (TPSA) is 79.2 Å². The third-order valence-corrected chi connectivity index (χ3v) is 3.26. The number of hydrogen-bond acceptors (Lipinski definition) is 4. The number of hydrogen-bond donors (Lipinski definition) is 1. The summed E-state index contributed by atoms with van der Waals surface area (Å²) < 4.78 is 17.9. The van der Waals surface area contributed by atoms with E-state index < -0.39 is 18.0 Å². The Morgan fingerprint density at radius 3 is 2.62 bits per heavy atom. The predicted molar refractivity (Wildman–Crippen MR) is 84.3 cm³/mol. The molecule has 0 fully saturated rings. The van der Waals surface area contributed by atoms with E-state index in [-0.39, 0.29) is 17.9 Å². The highest BCUT2D eigenvalue weighted by molar-refractivity contribution is 5.92. The van der Waals surface area contributed by atoms with Crippen molar-refractivity contribution >= 4 is 11.9 Å². The van der Waals surface area contributed by atoms with Crippen molar-refractivity contribution in [2.45, 2.75) is 19.6 Å². The van der Waals surface area contributed by atoms with E-state index in [1.807, 2.05) is 6.07 Å². The first-order chi connectivity index (χ1) is 11.5. The molecule has 0 radical (unpaired) electrons. The fourth-order valence-electron chi connectivity index (χ4n) is 1.93. The minimum atomic E-state index is -0.997. The number of rotatable bonds is 5. The minimum Gasteiger partial charge on any atom is -0.449 e. The van der Waals surface area contributed by atoms with Crippen molar-refractivity contribution in [3.63, 3.8) is 0 Å². The van der Waals surface area contributed by atoms with Crippen LogP contribution in [0.1, 0.15) is 28.4 Å². The van der Waals surface area contributed by atoms with Gasteiger partial charge in [-0.05, 0) is 42.8 Å². The zero-order chi connectivity index (χ0) is 17.5. The van der Waals surface area contributed by atoms with Crippen molar-refractivity contribution < 1.29 is 18.7 Å². The lowest BCUT2D eigenvalue weighted by molar-refractivity contribution is -0.129. The van der Waals surface area contributed by atoms with Gasteiger partial charge in [-0.25, -0.2) is 9.18 Å². The molecule has 0 aliphatic carbocycles. The highest BCUT2D eigenvalue weighted by atomic mass is 19.1. The molecule has 0 aromatic heterocycles. The third-order valence-electron chi connectivity index (χ3n) is 3.26. The van der Waals surface area contributed by atoms with Gasteiger partial charge >= 0.3 is 5.97 Å². The Morgan fingerprint density at radius 2 is 1.96 bits per heavy atom. The van der Waals surface area contributed by atoms with Gasteiger partial charge in [-0.2, -0.15) is 5.26 Å². The van der Waals surface area contributed by atoms with E-state index in [0.29, 0.717) is 5.56 Å². The zero-order valence-corrected chi connectivity index (χ0v) is 13.0. The second kappa shape index (κ2) is 7.88. The Labute approximate surface area is 138 Å². The lowest BCUT2D eigenvalue weighted by Crippen LogP contribution is -2.35. The molecule has 122 valence electrons. The SMILES string of the molecule is CC(OC(=O)c1cccc(C#N)c1)C(=O)NCc1ccc(F)cc1. The zero-order valence-electron chi connectivity index (χ0n) is 13.0. The molecule has 2 aromatic carbocycles. The van der Waals surface area contributed by atoms with Gasteiger partial charge in [0.1, 0.15) is 5.82 Å². The van der Waals surface area contributed by atoms with Crippen LogP contribution in [-0.2, 0) is 16.1 Å². The van der Waals surface area contributed by atoms with Gasteiger partial charge in [-0.1, -0.05) is 18.2 Å². The number of nitriles is 1. The van der Waals surface area contributed by atoms with Gasteiger partial charge in [-0.15, -0.1) is 0 Å². The number of nitrogens with one attached hydrogen (secondary N) is 1. The van der Waals surface area contributed by atoms with Crippen molar-refractivity contribution in [3.8, 4) is 6.07 Å². The number of carbonyl (C=O) groups is 2. The number of amides is 1. The van der Waals surface area contributed by atoms with E-state index in [9.17, 15) is 14.0 Å². The van der Waals surface area contributed by atoms with E-state index in [4.69, 9.17) is 10.00 Å². The minimum absolute atomic E-state index is 0.199. The van der Waals surface area contributed by atoms with Gasteiger partial charge in [0.15, 0.2) is 6.10 Å². The number of halogens is 1. The first-order valence-corrected chi connectivity index (χ1v) is 7.23. The fourth-order valence-corrected chi connectivity index (χ4v) is 1.93. The first kappa shape index (κ1) is 17.2. The van der Waals surface area contributed by atoms with E-state index in [2.05, 4.69) is 5.32 Å². The maximum atomic E-state index is 12.8. The average Bonchev–Trinajstić information content (AvgIpc) is 2.60. The van der Waals surface area contributed by atoms with E-state index in [0.717, 1.165) is 5.56 Å². The summed E-state index contributed by atoms with van der Waals surface area (Å²) in [4.78, 5) is 23.9. The molecule has 0 bridgehead atoms. The molecule has 0 saturated carbocycles. The average molecular weight is 326 g/mol. The van der Waals surface area contributed by atoms with Gasteiger partial charge in [0.05, 0.1) is 17.2 Å². The van der Waals surface area contributed by atoms with Crippen molar-refractivity contribution in [2.75, 3.05) is 0 Å². The maximum Gasteiger partial charge on any atom is 0.338 e. The summed E-state index contributed by atoms with van der Waals surface area (Å²) >= 11 is 0. The van der Waals surface area contributed by atoms with Crippen LogP contribution in [0.25, 0.3) is 0 Å². The van der Waals surface area contributed by atoms with Crippen LogP contribution in [0, 0.1) is 17.1 Å². The molecular weight excluding hydrogens is 311 g/mol. The Bertz CT molecular complexity index is 782. The first-order valence-electron chi connectivity index (χ1n) is 7.23. The van der Waals surface area contributed by atoms with Gasteiger partial charge in [0.2, 0.25) is 0 Å². The van der Waals surface area contributed by atoms with Gasteiger partial charge in [-0.3, -0.25) is 4.79 Å². The van der Waals surface area contributed by atoms with Crippen LogP contribution in [0.3, 0.4) is 0 Å². The third kappa shape index (κ3) is 4.65. The number of carbonyl (C=O) groups excluding carboxylic acids is 2. The van der Waals surface area contributed by atoms with Crippen LogP contribution >= 0.6 is 0 Å². The van der Waals surface area contributed by atoms with Crippen LogP contribution in [0.2, 0.25) is 0 Å². The van der Waals surface area contributed by atoms with E-state index in [1.54, 1.807) is 24.3 Å². The molecular formula is C18H15FN2O3. The smallest absolute Gasteiger partial charge is 0.338 e. The summed E-state index contributed by atoms with van der Waals surface area (Å²) in [5, 5.41) is 11.4. The highest BCUT2D eigenvalue weighted by Crippen LogP contribution is 2.08. The Balaban J connectivity index is 1.89. The maximum absolute atomic E-state index is 12.8. The normalized spacial score (nSPS) is 11.2. The van der Waals surface area contributed by atoms with Crippen LogP contribution in [0.15, 0.2) is 48.5 Å². The Morgan fingerprint density at radius 1 is 1.25 bits per heavy atom. The molecule has 0 saturated heterocycles. The quantitative estimate of drug-likeness (QED) is 0.857. The molecule has 6 heteroatoms. The molecule has 1 N–H and O–H groups in total. The molecule has 0 spiro atoms. The number of esters is 1. The lowest BCUT2D eigenvalue weighted by Gasteiger charge is -2.13. The molecule has 2 rings (SSSR count).